The number of aliphatic hydroxyl groups is 1. The minimum Gasteiger partial charge on any atom is -0.388 e. The molecule has 6 heteroatoms. The minimum absolute atomic E-state index is 0.0747. The Balaban J connectivity index is 1.94. The first-order valence-electron chi connectivity index (χ1n) is 8.67. The molecule has 0 spiro atoms. The number of amides is 3. The maximum atomic E-state index is 12.2. The quantitative estimate of drug-likeness (QED) is 0.738. The molecule has 2 rings (SSSR count). The summed E-state index contributed by atoms with van der Waals surface area (Å²) in [5, 5.41) is 13.1. The second-order valence-electron chi connectivity index (χ2n) is 6.92. The number of hydrogen-bond donors (Lipinski definition) is 2. The van der Waals surface area contributed by atoms with Crippen LogP contribution in [0, 0.1) is 5.92 Å². The van der Waals surface area contributed by atoms with Gasteiger partial charge in [-0.2, -0.15) is 0 Å². The summed E-state index contributed by atoms with van der Waals surface area (Å²) in [4.78, 5) is 36.8. The number of rotatable bonds is 7. The highest BCUT2D eigenvalue weighted by molar-refractivity contribution is 6.01. The van der Waals surface area contributed by atoms with Gasteiger partial charge in [-0.25, -0.2) is 0 Å². The molecule has 0 bridgehead atoms. The summed E-state index contributed by atoms with van der Waals surface area (Å²) in [6, 6.07) is 6.79. The molecule has 1 aromatic rings. The molecule has 1 heterocycles. The van der Waals surface area contributed by atoms with E-state index >= 15 is 0 Å². The summed E-state index contributed by atoms with van der Waals surface area (Å²) >= 11 is 0. The molecule has 0 radical (unpaired) electrons. The Labute approximate surface area is 148 Å². The summed E-state index contributed by atoms with van der Waals surface area (Å²) < 4.78 is 0. The monoisotopic (exact) mass is 346 g/mol. The van der Waals surface area contributed by atoms with Gasteiger partial charge in [-0.05, 0) is 30.5 Å². The van der Waals surface area contributed by atoms with E-state index in [9.17, 15) is 19.5 Å². The van der Waals surface area contributed by atoms with E-state index in [0.717, 1.165) is 12.0 Å². The second kappa shape index (κ2) is 7.78. The summed E-state index contributed by atoms with van der Waals surface area (Å²) in [6.07, 6.45) is 1.37. The van der Waals surface area contributed by atoms with Crippen molar-refractivity contribution in [1.29, 1.82) is 0 Å². The molecule has 0 aromatic heterocycles. The summed E-state index contributed by atoms with van der Waals surface area (Å²) in [5.74, 6) is -0.493. The first-order chi connectivity index (χ1) is 11.7. The van der Waals surface area contributed by atoms with Crippen molar-refractivity contribution in [2.24, 2.45) is 5.92 Å². The highest BCUT2D eigenvalue weighted by Crippen LogP contribution is 2.19. The van der Waals surface area contributed by atoms with Gasteiger partial charge in [0, 0.05) is 24.9 Å². The number of nitrogens with zero attached hydrogens (tertiary/aromatic N) is 1. The van der Waals surface area contributed by atoms with Crippen molar-refractivity contribution >= 4 is 17.7 Å². The standard InChI is InChI=1S/C19H26N2O4/c1-4-13(2)19(3,25)12-20-18(24)15-7-5-14(6-8-15)11-21-16(22)9-10-17(21)23/h5-8,13,25H,4,9-12H2,1-3H3,(H,20,24)/t13-,19-/m1/s1. The van der Waals surface area contributed by atoms with E-state index in [-0.39, 0.29) is 49.6 Å². The lowest BCUT2D eigenvalue weighted by Gasteiger charge is -2.29. The molecular formula is C19H26N2O4. The Hall–Kier alpha value is -2.21. The molecule has 1 aromatic carbocycles. The highest BCUT2D eigenvalue weighted by Gasteiger charge is 2.29. The smallest absolute Gasteiger partial charge is 0.251 e. The van der Waals surface area contributed by atoms with Gasteiger partial charge in [0.25, 0.3) is 5.91 Å². The Morgan fingerprint density at radius 1 is 1.24 bits per heavy atom. The van der Waals surface area contributed by atoms with Crippen molar-refractivity contribution in [2.75, 3.05) is 6.54 Å². The molecular weight excluding hydrogens is 320 g/mol. The van der Waals surface area contributed by atoms with Gasteiger partial charge < -0.3 is 10.4 Å². The molecule has 6 nitrogen and oxygen atoms in total. The van der Waals surface area contributed by atoms with Crippen LogP contribution in [0.5, 0.6) is 0 Å². The van der Waals surface area contributed by atoms with Crippen LogP contribution in [-0.4, -0.2) is 39.9 Å². The fourth-order valence-electron chi connectivity index (χ4n) is 2.72. The summed E-state index contributed by atoms with van der Waals surface area (Å²) in [6.45, 7) is 6.08. The average Bonchev–Trinajstić information content (AvgIpc) is 2.91. The van der Waals surface area contributed by atoms with Gasteiger partial charge >= 0.3 is 0 Å². The van der Waals surface area contributed by atoms with Gasteiger partial charge in [0.1, 0.15) is 0 Å². The maximum absolute atomic E-state index is 12.2. The molecule has 25 heavy (non-hydrogen) atoms. The van der Waals surface area contributed by atoms with Crippen LogP contribution in [0.4, 0.5) is 0 Å². The molecule has 136 valence electrons. The normalized spacial score (nSPS) is 18.2. The third-order valence-electron chi connectivity index (χ3n) is 4.99. The van der Waals surface area contributed by atoms with E-state index in [1.807, 2.05) is 13.8 Å². The van der Waals surface area contributed by atoms with Crippen molar-refractivity contribution in [2.45, 2.75) is 52.2 Å². The third kappa shape index (κ3) is 4.66. The lowest BCUT2D eigenvalue weighted by atomic mass is 9.88. The van der Waals surface area contributed by atoms with Crippen LogP contribution in [0.1, 0.15) is 56.0 Å². The van der Waals surface area contributed by atoms with E-state index in [0.29, 0.717) is 5.56 Å². The van der Waals surface area contributed by atoms with E-state index in [1.165, 1.54) is 4.90 Å². The molecule has 0 unspecified atom stereocenters. The van der Waals surface area contributed by atoms with Crippen LogP contribution < -0.4 is 5.32 Å². The Morgan fingerprint density at radius 3 is 2.32 bits per heavy atom. The molecule has 0 saturated carbocycles. The lowest BCUT2D eigenvalue weighted by molar-refractivity contribution is -0.139. The zero-order chi connectivity index (χ0) is 18.6. The Kier molecular flexibility index (Phi) is 5.95. The topological polar surface area (TPSA) is 86.7 Å². The van der Waals surface area contributed by atoms with Crippen LogP contribution >= 0.6 is 0 Å². The molecule has 3 amide bonds. The van der Waals surface area contributed by atoms with Crippen LogP contribution in [0.2, 0.25) is 0 Å². The van der Waals surface area contributed by atoms with Gasteiger partial charge in [-0.3, -0.25) is 19.3 Å². The van der Waals surface area contributed by atoms with E-state index < -0.39 is 5.60 Å². The van der Waals surface area contributed by atoms with Gasteiger partial charge in [0.2, 0.25) is 11.8 Å². The first kappa shape index (κ1) is 19.1. The Morgan fingerprint density at radius 2 is 1.80 bits per heavy atom. The predicted molar refractivity (Wildman–Crippen MR) is 93.6 cm³/mol. The maximum Gasteiger partial charge on any atom is 0.251 e. The van der Waals surface area contributed by atoms with Crippen molar-refractivity contribution in [3.63, 3.8) is 0 Å². The number of likely N-dealkylation sites (tertiary alicyclic amines) is 1. The third-order valence-corrected chi connectivity index (χ3v) is 4.99. The van der Waals surface area contributed by atoms with Gasteiger partial charge in [-0.15, -0.1) is 0 Å². The molecule has 0 aliphatic carbocycles. The van der Waals surface area contributed by atoms with E-state index in [4.69, 9.17) is 0 Å². The molecule has 1 aliphatic rings. The van der Waals surface area contributed by atoms with Crippen molar-refractivity contribution in [1.82, 2.24) is 10.2 Å². The first-order valence-corrected chi connectivity index (χ1v) is 8.67. The summed E-state index contributed by atoms with van der Waals surface area (Å²) in [7, 11) is 0. The Bertz CT molecular complexity index is 636. The number of carbonyl (C=O) groups excluding carboxylic acids is 3. The number of imide groups is 1. The van der Waals surface area contributed by atoms with E-state index in [1.54, 1.807) is 31.2 Å². The molecule has 2 atom stereocenters. The largest absolute Gasteiger partial charge is 0.388 e. The van der Waals surface area contributed by atoms with Gasteiger partial charge in [0.05, 0.1) is 12.1 Å². The van der Waals surface area contributed by atoms with Gasteiger partial charge in [-0.1, -0.05) is 32.4 Å². The molecule has 2 N–H and O–H groups in total. The van der Waals surface area contributed by atoms with E-state index in [2.05, 4.69) is 5.32 Å². The summed E-state index contributed by atoms with van der Waals surface area (Å²) in [5.41, 5.74) is 0.315. The number of nitrogens with one attached hydrogen (secondary N) is 1. The molecule has 1 fully saturated rings. The number of benzene rings is 1. The van der Waals surface area contributed by atoms with Crippen LogP contribution in [-0.2, 0) is 16.1 Å². The van der Waals surface area contributed by atoms with Crippen molar-refractivity contribution in [3.8, 4) is 0 Å². The highest BCUT2D eigenvalue weighted by atomic mass is 16.3. The van der Waals surface area contributed by atoms with Crippen molar-refractivity contribution < 1.29 is 19.5 Å². The van der Waals surface area contributed by atoms with Crippen molar-refractivity contribution in [3.05, 3.63) is 35.4 Å². The zero-order valence-electron chi connectivity index (χ0n) is 15.0. The lowest BCUT2D eigenvalue weighted by Crippen LogP contribution is -2.45. The average molecular weight is 346 g/mol. The molecule has 1 aliphatic heterocycles. The van der Waals surface area contributed by atoms with Crippen LogP contribution in [0.3, 0.4) is 0 Å². The fourth-order valence-corrected chi connectivity index (χ4v) is 2.72. The molecule has 1 saturated heterocycles. The number of carbonyl (C=O) groups is 3. The van der Waals surface area contributed by atoms with Crippen LogP contribution in [0.15, 0.2) is 24.3 Å². The predicted octanol–water partition coefficient (Wildman–Crippen LogP) is 1.86. The number of hydrogen-bond acceptors (Lipinski definition) is 4. The SMILES string of the molecule is CC[C@@H](C)[C@](C)(O)CNC(=O)c1ccc(CN2C(=O)CCC2=O)cc1. The zero-order valence-corrected chi connectivity index (χ0v) is 15.0. The second-order valence-corrected chi connectivity index (χ2v) is 6.92. The van der Waals surface area contributed by atoms with Gasteiger partial charge in [0.15, 0.2) is 0 Å². The fraction of sp³-hybridized carbons (Fsp3) is 0.526. The minimum atomic E-state index is -0.958. The van der Waals surface area contributed by atoms with Crippen LogP contribution in [0.25, 0.3) is 0 Å².